The van der Waals surface area contributed by atoms with Gasteiger partial charge in [0, 0.05) is 18.2 Å². The highest BCUT2D eigenvalue weighted by molar-refractivity contribution is 6.46. The molecule has 1 saturated heterocycles. The second kappa shape index (κ2) is 10.6. The molecule has 36 heavy (non-hydrogen) atoms. The Hall–Kier alpha value is -4.20. The molecule has 1 unspecified atom stereocenters. The second-order valence-electron chi connectivity index (χ2n) is 8.10. The predicted octanol–water partition coefficient (Wildman–Crippen LogP) is 5.38. The van der Waals surface area contributed by atoms with Gasteiger partial charge >= 0.3 is 0 Å². The van der Waals surface area contributed by atoms with E-state index in [0.717, 1.165) is 0 Å². The molecule has 0 aromatic heterocycles. The third kappa shape index (κ3) is 4.79. The number of carbonyl (C=O) groups excluding carboxylic acids is 2. The van der Waals surface area contributed by atoms with Crippen LogP contribution < -0.4 is 9.47 Å². The van der Waals surface area contributed by atoms with Crippen molar-refractivity contribution in [3.8, 4) is 11.5 Å². The van der Waals surface area contributed by atoms with Gasteiger partial charge in [-0.3, -0.25) is 9.59 Å². The summed E-state index contributed by atoms with van der Waals surface area (Å²) in [5.41, 5.74) is 0.485. The zero-order chi connectivity index (χ0) is 25.8. The quantitative estimate of drug-likeness (QED) is 0.259. The molecular weight excluding hydrogens is 468 g/mol. The zero-order valence-corrected chi connectivity index (χ0v) is 19.8. The van der Waals surface area contributed by atoms with Gasteiger partial charge in [-0.25, -0.2) is 8.78 Å². The van der Waals surface area contributed by atoms with Gasteiger partial charge in [-0.15, -0.1) is 0 Å². The molecule has 8 heteroatoms. The standard InChI is InChI=1S/C28H25F2NO5/c1-3-35-19-13-14-21(23(15-19)36-4-2)26(32)24-25(20-7-5-6-8-22(20)30)31(28(34)27(24)33)16-17-9-11-18(29)12-10-17/h5-15,25,32H,3-4,16H2,1-2H3/b26-24+. The Labute approximate surface area is 207 Å². The van der Waals surface area contributed by atoms with Gasteiger partial charge in [-0.2, -0.15) is 0 Å². The number of aliphatic hydroxyl groups excluding tert-OH is 1. The Morgan fingerprint density at radius 1 is 0.944 bits per heavy atom. The summed E-state index contributed by atoms with van der Waals surface area (Å²) < 4.78 is 39.6. The molecule has 0 radical (unpaired) electrons. The van der Waals surface area contributed by atoms with Crippen LogP contribution in [0, 0.1) is 11.6 Å². The van der Waals surface area contributed by atoms with E-state index >= 15 is 0 Å². The van der Waals surface area contributed by atoms with Gasteiger partial charge in [0.1, 0.15) is 28.9 Å². The first-order valence-electron chi connectivity index (χ1n) is 11.5. The van der Waals surface area contributed by atoms with Crippen LogP contribution in [0.15, 0.2) is 72.3 Å². The molecule has 0 spiro atoms. The fraction of sp³-hybridized carbons (Fsp3) is 0.214. The van der Waals surface area contributed by atoms with E-state index < -0.39 is 35.1 Å². The molecule has 0 saturated carbocycles. The number of ketones is 1. The summed E-state index contributed by atoms with van der Waals surface area (Å²) >= 11 is 0. The van der Waals surface area contributed by atoms with Gasteiger partial charge in [-0.05, 0) is 49.7 Å². The average Bonchev–Trinajstić information content (AvgIpc) is 3.11. The van der Waals surface area contributed by atoms with Crippen molar-refractivity contribution in [2.45, 2.75) is 26.4 Å². The summed E-state index contributed by atoms with van der Waals surface area (Å²) in [6, 6.07) is 14.7. The molecule has 1 atom stereocenters. The minimum Gasteiger partial charge on any atom is -0.507 e. The number of carbonyl (C=O) groups is 2. The number of hydrogen-bond acceptors (Lipinski definition) is 5. The van der Waals surface area contributed by atoms with E-state index in [4.69, 9.17) is 9.47 Å². The maximum atomic E-state index is 15.0. The first-order valence-corrected chi connectivity index (χ1v) is 11.5. The van der Waals surface area contributed by atoms with E-state index in [1.165, 1.54) is 53.4 Å². The molecule has 0 bridgehead atoms. The third-order valence-corrected chi connectivity index (χ3v) is 5.82. The van der Waals surface area contributed by atoms with Crippen molar-refractivity contribution in [1.82, 2.24) is 4.90 Å². The van der Waals surface area contributed by atoms with Crippen LogP contribution in [-0.2, 0) is 16.1 Å². The van der Waals surface area contributed by atoms with Crippen LogP contribution >= 0.6 is 0 Å². The lowest BCUT2D eigenvalue weighted by molar-refractivity contribution is -0.140. The molecular formula is C28H25F2NO5. The van der Waals surface area contributed by atoms with E-state index in [9.17, 15) is 23.5 Å². The molecule has 186 valence electrons. The molecule has 1 aliphatic heterocycles. The lowest BCUT2D eigenvalue weighted by Gasteiger charge is -2.26. The Kier molecular flexibility index (Phi) is 7.33. The number of ether oxygens (including phenoxy) is 2. The second-order valence-corrected chi connectivity index (χ2v) is 8.10. The lowest BCUT2D eigenvalue weighted by Crippen LogP contribution is -2.29. The molecule has 3 aromatic carbocycles. The molecule has 1 amide bonds. The van der Waals surface area contributed by atoms with Gasteiger partial charge in [-0.1, -0.05) is 30.3 Å². The van der Waals surface area contributed by atoms with Crippen LogP contribution in [0.2, 0.25) is 0 Å². The first-order chi connectivity index (χ1) is 17.3. The average molecular weight is 494 g/mol. The first kappa shape index (κ1) is 24.9. The number of benzene rings is 3. The predicted molar refractivity (Wildman–Crippen MR) is 129 cm³/mol. The topological polar surface area (TPSA) is 76.1 Å². The summed E-state index contributed by atoms with van der Waals surface area (Å²) in [7, 11) is 0. The van der Waals surface area contributed by atoms with Crippen molar-refractivity contribution in [1.29, 1.82) is 0 Å². The highest BCUT2D eigenvalue weighted by Gasteiger charge is 2.47. The molecule has 6 nitrogen and oxygen atoms in total. The number of nitrogens with zero attached hydrogens (tertiary/aromatic N) is 1. The molecule has 4 rings (SSSR count). The van der Waals surface area contributed by atoms with Crippen molar-refractivity contribution in [3.05, 3.63) is 101 Å². The number of hydrogen-bond donors (Lipinski definition) is 1. The van der Waals surface area contributed by atoms with Gasteiger partial charge in [0.25, 0.3) is 11.7 Å². The number of Topliss-reactive ketones (excluding diaryl/α,β-unsaturated/α-hetero) is 1. The molecule has 1 N–H and O–H groups in total. The summed E-state index contributed by atoms with van der Waals surface area (Å²) in [4.78, 5) is 27.6. The van der Waals surface area contributed by atoms with Crippen LogP contribution in [0.3, 0.4) is 0 Å². The van der Waals surface area contributed by atoms with Crippen molar-refractivity contribution >= 4 is 17.4 Å². The van der Waals surface area contributed by atoms with Crippen LogP contribution in [0.5, 0.6) is 11.5 Å². The van der Waals surface area contributed by atoms with Crippen molar-refractivity contribution in [2.24, 2.45) is 0 Å². The third-order valence-electron chi connectivity index (χ3n) is 5.82. The number of rotatable bonds is 8. The van der Waals surface area contributed by atoms with Crippen molar-refractivity contribution < 1.29 is 33.0 Å². The van der Waals surface area contributed by atoms with Gasteiger partial charge in [0.05, 0.1) is 30.4 Å². The van der Waals surface area contributed by atoms with E-state index in [-0.39, 0.29) is 35.6 Å². The zero-order valence-electron chi connectivity index (χ0n) is 19.8. The largest absolute Gasteiger partial charge is 0.507 e. The lowest BCUT2D eigenvalue weighted by atomic mass is 9.94. The Bertz CT molecular complexity index is 1320. The van der Waals surface area contributed by atoms with Gasteiger partial charge in [0.2, 0.25) is 0 Å². The van der Waals surface area contributed by atoms with Gasteiger partial charge in [0.15, 0.2) is 0 Å². The van der Waals surface area contributed by atoms with E-state index in [1.807, 2.05) is 6.92 Å². The molecule has 1 heterocycles. The fourth-order valence-corrected chi connectivity index (χ4v) is 4.22. The molecule has 1 fully saturated rings. The van der Waals surface area contributed by atoms with E-state index in [0.29, 0.717) is 17.9 Å². The van der Waals surface area contributed by atoms with Crippen molar-refractivity contribution in [2.75, 3.05) is 13.2 Å². The fourth-order valence-electron chi connectivity index (χ4n) is 4.22. The molecule has 0 aliphatic carbocycles. The van der Waals surface area contributed by atoms with Crippen LogP contribution in [0.4, 0.5) is 8.78 Å². The normalized spacial score (nSPS) is 16.9. The minimum absolute atomic E-state index is 0.0456. The number of amides is 1. The summed E-state index contributed by atoms with van der Waals surface area (Å²) in [5, 5.41) is 11.4. The maximum absolute atomic E-state index is 15.0. The highest BCUT2D eigenvalue weighted by atomic mass is 19.1. The smallest absolute Gasteiger partial charge is 0.295 e. The summed E-state index contributed by atoms with van der Waals surface area (Å²) in [6.07, 6.45) is 0. The Balaban J connectivity index is 1.88. The monoisotopic (exact) mass is 493 g/mol. The highest BCUT2D eigenvalue weighted by Crippen LogP contribution is 2.43. The van der Waals surface area contributed by atoms with Crippen LogP contribution in [0.25, 0.3) is 5.76 Å². The Morgan fingerprint density at radius 2 is 1.64 bits per heavy atom. The SMILES string of the molecule is CCOc1ccc(/C(O)=C2\C(=O)C(=O)N(Cc3ccc(F)cc3)C2c2ccccc2F)c(OCC)c1. The Morgan fingerprint density at radius 3 is 2.31 bits per heavy atom. The van der Waals surface area contributed by atoms with Crippen molar-refractivity contribution in [3.63, 3.8) is 0 Å². The van der Waals surface area contributed by atoms with Gasteiger partial charge < -0.3 is 19.5 Å². The van der Waals surface area contributed by atoms with Crippen LogP contribution in [-0.4, -0.2) is 34.9 Å². The molecule has 3 aromatic rings. The number of halogens is 2. The summed E-state index contributed by atoms with van der Waals surface area (Å²) in [5.74, 6) is -2.70. The number of likely N-dealkylation sites (tertiary alicyclic amines) is 1. The number of aliphatic hydroxyl groups is 1. The van der Waals surface area contributed by atoms with E-state index in [1.54, 1.807) is 25.1 Å². The van der Waals surface area contributed by atoms with E-state index in [2.05, 4.69) is 0 Å². The maximum Gasteiger partial charge on any atom is 0.295 e. The van der Waals surface area contributed by atoms with Crippen LogP contribution in [0.1, 0.15) is 36.6 Å². The molecule has 1 aliphatic rings. The summed E-state index contributed by atoms with van der Waals surface area (Å²) in [6.45, 7) is 4.18. The minimum atomic E-state index is -1.21.